The Morgan fingerprint density at radius 3 is 2.86 bits per heavy atom. The molecule has 1 aromatic rings. The van der Waals surface area contributed by atoms with Crippen LogP contribution >= 0.6 is 0 Å². The Hall–Kier alpha value is -1.24. The molecule has 0 spiro atoms. The Morgan fingerprint density at radius 2 is 2.05 bits per heavy atom. The zero-order valence-electron chi connectivity index (χ0n) is 13.3. The van der Waals surface area contributed by atoms with E-state index in [1.54, 1.807) is 0 Å². The number of benzene rings is 1. The van der Waals surface area contributed by atoms with Gasteiger partial charge in [0.15, 0.2) is 0 Å². The fraction of sp³-hybridized carbons (Fsp3) is 0.600. The molecule has 0 aromatic heterocycles. The first kappa shape index (κ1) is 14.7. The third-order valence-corrected chi connectivity index (χ3v) is 4.84. The second-order valence-corrected chi connectivity index (χ2v) is 6.72. The van der Waals surface area contributed by atoms with Gasteiger partial charge in [0.1, 0.15) is 5.75 Å². The molecule has 0 bridgehead atoms. The Bertz CT molecular complexity index is 470. The summed E-state index contributed by atoms with van der Waals surface area (Å²) in [5, 5.41) is 0. The Morgan fingerprint density at radius 1 is 1.14 bits per heavy atom. The molecule has 1 heteroatoms. The zero-order valence-corrected chi connectivity index (χ0v) is 13.3. The van der Waals surface area contributed by atoms with Crippen LogP contribution in [-0.2, 0) is 6.42 Å². The minimum atomic E-state index is 0.871. The van der Waals surface area contributed by atoms with E-state index in [9.17, 15) is 0 Å². The van der Waals surface area contributed by atoms with Gasteiger partial charge in [-0.15, -0.1) is 0 Å². The van der Waals surface area contributed by atoms with Crippen molar-refractivity contribution in [3.8, 4) is 5.75 Å². The zero-order chi connectivity index (χ0) is 14.5. The van der Waals surface area contributed by atoms with E-state index < -0.39 is 0 Å². The lowest BCUT2D eigenvalue weighted by Crippen LogP contribution is -1.99. The fourth-order valence-electron chi connectivity index (χ4n) is 3.33. The van der Waals surface area contributed by atoms with Crippen LogP contribution in [0.25, 0.3) is 0 Å². The Labute approximate surface area is 129 Å². The van der Waals surface area contributed by atoms with Crippen molar-refractivity contribution in [2.45, 2.75) is 51.9 Å². The lowest BCUT2D eigenvalue weighted by atomic mass is 10.1. The average molecular weight is 284 g/mol. The van der Waals surface area contributed by atoms with E-state index in [1.807, 2.05) is 0 Å². The molecule has 1 nitrogen and oxygen atoms in total. The van der Waals surface area contributed by atoms with Crippen molar-refractivity contribution in [2.75, 3.05) is 6.61 Å². The van der Waals surface area contributed by atoms with Gasteiger partial charge in [-0.25, -0.2) is 0 Å². The average Bonchev–Trinajstić information content (AvgIpc) is 3.37. The molecule has 1 saturated carbocycles. The van der Waals surface area contributed by atoms with Crippen molar-refractivity contribution in [3.63, 3.8) is 0 Å². The van der Waals surface area contributed by atoms with Gasteiger partial charge in [-0.3, -0.25) is 0 Å². The van der Waals surface area contributed by atoms with Crippen LogP contribution in [0.15, 0.2) is 36.4 Å². The highest BCUT2D eigenvalue weighted by Crippen LogP contribution is 2.51. The van der Waals surface area contributed by atoms with Gasteiger partial charge in [-0.05, 0) is 67.6 Å². The van der Waals surface area contributed by atoms with Crippen LogP contribution in [0.3, 0.4) is 0 Å². The third-order valence-electron chi connectivity index (χ3n) is 4.84. The monoisotopic (exact) mass is 284 g/mol. The van der Waals surface area contributed by atoms with Gasteiger partial charge < -0.3 is 4.74 Å². The summed E-state index contributed by atoms with van der Waals surface area (Å²) in [6, 6.07) is 8.67. The molecule has 21 heavy (non-hydrogen) atoms. The first-order chi connectivity index (χ1) is 10.4. The maximum Gasteiger partial charge on any atom is 0.119 e. The minimum Gasteiger partial charge on any atom is -0.494 e. The van der Waals surface area contributed by atoms with Crippen LogP contribution in [0, 0.1) is 17.8 Å². The molecule has 0 radical (unpaired) electrons. The van der Waals surface area contributed by atoms with Gasteiger partial charge in [0.25, 0.3) is 0 Å². The summed E-state index contributed by atoms with van der Waals surface area (Å²) in [5.41, 5.74) is 1.42. The normalized spacial score (nSPS) is 23.3. The molecule has 2 unspecified atom stereocenters. The van der Waals surface area contributed by atoms with Crippen molar-refractivity contribution in [3.05, 3.63) is 42.0 Å². The molecule has 114 valence electrons. The lowest BCUT2D eigenvalue weighted by Gasteiger charge is -2.08. The summed E-state index contributed by atoms with van der Waals surface area (Å²) in [5.74, 6) is 3.90. The maximum atomic E-state index is 5.93. The van der Waals surface area contributed by atoms with Crippen molar-refractivity contribution in [1.82, 2.24) is 0 Å². The van der Waals surface area contributed by atoms with Crippen molar-refractivity contribution < 1.29 is 4.74 Å². The van der Waals surface area contributed by atoms with E-state index in [2.05, 4.69) is 43.3 Å². The van der Waals surface area contributed by atoms with Crippen molar-refractivity contribution in [2.24, 2.45) is 17.8 Å². The smallest absolute Gasteiger partial charge is 0.119 e. The Kier molecular flexibility index (Phi) is 5.00. The second kappa shape index (κ2) is 7.15. The Balaban J connectivity index is 1.32. The molecule has 0 saturated heterocycles. The molecule has 1 aromatic carbocycles. The van der Waals surface area contributed by atoms with Gasteiger partial charge in [-0.2, -0.15) is 0 Å². The molecule has 0 N–H and O–H groups in total. The molecular weight excluding hydrogens is 256 g/mol. The molecule has 0 amide bonds. The highest BCUT2D eigenvalue weighted by molar-refractivity contribution is 5.28. The summed E-state index contributed by atoms with van der Waals surface area (Å²) in [7, 11) is 0. The maximum absolute atomic E-state index is 5.93. The second-order valence-electron chi connectivity index (χ2n) is 6.72. The van der Waals surface area contributed by atoms with Gasteiger partial charge >= 0.3 is 0 Å². The summed E-state index contributed by atoms with van der Waals surface area (Å²) in [6.45, 7) is 3.13. The van der Waals surface area contributed by atoms with Crippen LogP contribution in [0.1, 0.15) is 51.0 Å². The number of hydrogen-bond donors (Lipinski definition) is 0. The number of hydrogen-bond acceptors (Lipinski definition) is 1. The van der Waals surface area contributed by atoms with E-state index in [1.165, 1.54) is 50.5 Å². The standard InChI is InChI=1S/C20H28O/c1-2-3-4-7-16-8-5-10-19(14-16)21-13-6-9-18-15-20(18)17-11-12-17/h5,8,10-12,14,17-18,20H,2-4,6-7,9,13,15H2,1H3. The fourth-order valence-corrected chi connectivity index (χ4v) is 3.33. The van der Waals surface area contributed by atoms with Crippen LogP contribution in [0.4, 0.5) is 0 Å². The first-order valence-corrected chi connectivity index (χ1v) is 8.77. The van der Waals surface area contributed by atoms with Gasteiger partial charge in [0.05, 0.1) is 6.61 Å². The van der Waals surface area contributed by atoms with Crippen LogP contribution in [0.2, 0.25) is 0 Å². The van der Waals surface area contributed by atoms with E-state index >= 15 is 0 Å². The van der Waals surface area contributed by atoms with E-state index in [0.29, 0.717) is 0 Å². The lowest BCUT2D eigenvalue weighted by molar-refractivity contribution is 0.301. The molecule has 2 aliphatic rings. The highest BCUT2D eigenvalue weighted by atomic mass is 16.5. The van der Waals surface area contributed by atoms with Crippen LogP contribution in [0.5, 0.6) is 5.75 Å². The van der Waals surface area contributed by atoms with Gasteiger partial charge in [0, 0.05) is 0 Å². The summed E-state index contributed by atoms with van der Waals surface area (Å²) < 4.78 is 5.93. The van der Waals surface area contributed by atoms with Crippen LogP contribution in [-0.4, -0.2) is 6.61 Å². The first-order valence-electron chi connectivity index (χ1n) is 8.77. The quantitative estimate of drug-likeness (QED) is 0.413. The third kappa shape index (κ3) is 4.62. The topological polar surface area (TPSA) is 9.23 Å². The van der Waals surface area contributed by atoms with E-state index in [4.69, 9.17) is 4.74 Å². The number of ether oxygens (including phenoxy) is 1. The predicted molar refractivity (Wildman–Crippen MR) is 88.6 cm³/mol. The number of unbranched alkanes of at least 4 members (excludes halogenated alkanes) is 2. The molecular formula is C20H28O. The number of allylic oxidation sites excluding steroid dienone is 2. The van der Waals surface area contributed by atoms with E-state index in [-0.39, 0.29) is 0 Å². The van der Waals surface area contributed by atoms with Crippen molar-refractivity contribution in [1.29, 1.82) is 0 Å². The van der Waals surface area contributed by atoms with Gasteiger partial charge in [0.2, 0.25) is 0 Å². The number of rotatable bonds is 10. The number of aryl methyl sites for hydroxylation is 1. The largest absolute Gasteiger partial charge is 0.494 e. The summed E-state index contributed by atoms with van der Waals surface area (Å²) in [6.07, 6.45) is 13.8. The van der Waals surface area contributed by atoms with E-state index in [0.717, 1.165) is 30.1 Å². The molecule has 0 aliphatic heterocycles. The summed E-state index contributed by atoms with van der Waals surface area (Å²) >= 11 is 0. The molecule has 2 aliphatic carbocycles. The molecule has 1 fully saturated rings. The SMILES string of the molecule is CCCCCc1cccc(OCCCC2CC2C2C=C2)c1. The molecule has 0 heterocycles. The van der Waals surface area contributed by atoms with Gasteiger partial charge in [-0.1, -0.05) is 44.1 Å². The predicted octanol–water partition coefficient (Wildman–Crippen LogP) is 5.40. The molecule has 3 rings (SSSR count). The van der Waals surface area contributed by atoms with Crippen molar-refractivity contribution >= 4 is 0 Å². The summed E-state index contributed by atoms with van der Waals surface area (Å²) in [4.78, 5) is 0. The highest BCUT2D eigenvalue weighted by Gasteiger charge is 2.43. The van der Waals surface area contributed by atoms with Crippen LogP contribution < -0.4 is 4.74 Å². The minimum absolute atomic E-state index is 0.871. The molecule has 2 atom stereocenters.